The molecule has 5 nitrogen and oxygen atoms in total. The van der Waals surface area contributed by atoms with Gasteiger partial charge in [-0.05, 0) is 38.3 Å². The molecule has 1 fully saturated rings. The van der Waals surface area contributed by atoms with Gasteiger partial charge in [0, 0.05) is 18.8 Å². The molecule has 20 heavy (non-hydrogen) atoms. The van der Waals surface area contributed by atoms with Crippen LogP contribution in [0.15, 0.2) is 12.3 Å². The van der Waals surface area contributed by atoms with E-state index in [1.54, 1.807) is 0 Å². The van der Waals surface area contributed by atoms with E-state index in [4.69, 9.17) is 5.11 Å². The van der Waals surface area contributed by atoms with Crippen LogP contribution in [-0.4, -0.2) is 38.3 Å². The first-order chi connectivity index (χ1) is 9.63. The molecule has 1 aromatic rings. The van der Waals surface area contributed by atoms with E-state index in [0.717, 1.165) is 44.5 Å². The number of aliphatic carboxylic acids is 1. The predicted octanol–water partition coefficient (Wildman–Crippen LogP) is 2.68. The minimum absolute atomic E-state index is 0.172. The van der Waals surface area contributed by atoms with E-state index in [1.807, 2.05) is 0 Å². The summed E-state index contributed by atoms with van der Waals surface area (Å²) in [7, 11) is 0. The smallest absolute Gasteiger partial charge is 0.304 e. The first-order valence-electron chi connectivity index (χ1n) is 7.63. The van der Waals surface area contributed by atoms with E-state index in [0.29, 0.717) is 6.04 Å². The number of hydrogen-bond acceptors (Lipinski definition) is 3. The van der Waals surface area contributed by atoms with Crippen molar-refractivity contribution in [3.05, 3.63) is 18.0 Å². The average molecular weight is 279 g/mol. The van der Waals surface area contributed by atoms with E-state index >= 15 is 0 Å². The lowest BCUT2D eigenvalue weighted by atomic mass is 10.1. The Kier molecular flexibility index (Phi) is 5.17. The number of carboxylic acids is 1. The zero-order valence-electron chi connectivity index (χ0n) is 12.5. The lowest BCUT2D eigenvalue weighted by Gasteiger charge is -2.22. The largest absolute Gasteiger partial charge is 0.481 e. The maximum Gasteiger partial charge on any atom is 0.304 e. The van der Waals surface area contributed by atoms with Crippen LogP contribution in [0.1, 0.15) is 57.7 Å². The number of carbonyl (C=O) groups is 1. The highest BCUT2D eigenvalue weighted by molar-refractivity contribution is 5.67. The van der Waals surface area contributed by atoms with Crippen LogP contribution in [0.2, 0.25) is 0 Å². The molecule has 2 heterocycles. The monoisotopic (exact) mass is 279 g/mol. The Bertz CT molecular complexity index is 440. The van der Waals surface area contributed by atoms with Gasteiger partial charge in [-0.25, -0.2) is 0 Å². The van der Waals surface area contributed by atoms with Gasteiger partial charge < -0.3 is 5.11 Å². The molecule has 1 aromatic heterocycles. The molecule has 0 radical (unpaired) electrons. The molecule has 0 aliphatic carbocycles. The third-order valence-corrected chi connectivity index (χ3v) is 4.25. The molecule has 1 atom stereocenters. The number of likely N-dealkylation sites (tertiary alicyclic amines) is 1. The quantitative estimate of drug-likeness (QED) is 0.833. The molecule has 1 saturated heterocycles. The highest BCUT2D eigenvalue weighted by Gasteiger charge is 2.27. The van der Waals surface area contributed by atoms with Crippen molar-refractivity contribution in [3.63, 3.8) is 0 Å². The molecule has 1 unspecified atom stereocenters. The molecule has 0 saturated carbocycles. The van der Waals surface area contributed by atoms with Crippen LogP contribution < -0.4 is 0 Å². The Morgan fingerprint density at radius 2 is 2.25 bits per heavy atom. The van der Waals surface area contributed by atoms with Crippen LogP contribution in [0, 0.1) is 0 Å². The van der Waals surface area contributed by atoms with Crippen molar-refractivity contribution in [2.24, 2.45) is 0 Å². The van der Waals surface area contributed by atoms with Gasteiger partial charge in [-0.1, -0.05) is 13.8 Å². The van der Waals surface area contributed by atoms with Gasteiger partial charge in [0.1, 0.15) is 0 Å². The molecular formula is C15H25N3O2. The minimum Gasteiger partial charge on any atom is -0.481 e. The lowest BCUT2D eigenvalue weighted by molar-refractivity contribution is -0.138. The topological polar surface area (TPSA) is 58.4 Å². The fourth-order valence-electron chi connectivity index (χ4n) is 3.07. The first kappa shape index (κ1) is 15.0. The fourth-order valence-corrected chi connectivity index (χ4v) is 3.07. The molecule has 0 spiro atoms. The summed E-state index contributed by atoms with van der Waals surface area (Å²) in [5, 5.41) is 13.6. The first-order valence-corrected chi connectivity index (χ1v) is 7.63. The minimum atomic E-state index is -0.704. The number of rotatable bonds is 7. The van der Waals surface area contributed by atoms with Crippen LogP contribution in [0.3, 0.4) is 0 Å². The van der Waals surface area contributed by atoms with Crippen LogP contribution in [0.25, 0.3) is 0 Å². The number of hydrogen-bond donors (Lipinski definition) is 1. The highest BCUT2D eigenvalue weighted by atomic mass is 16.4. The molecule has 5 heteroatoms. The van der Waals surface area contributed by atoms with Gasteiger partial charge in [0.15, 0.2) is 0 Å². The van der Waals surface area contributed by atoms with Crippen molar-refractivity contribution in [3.8, 4) is 0 Å². The summed E-state index contributed by atoms with van der Waals surface area (Å²) in [5.74, 6) is -0.704. The third-order valence-electron chi connectivity index (χ3n) is 4.25. The van der Waals surface area contributed by atoms with Gasteiger partial charge in [0.2, 0.25) is 0 Å². The van der Waals surface area contributed by atoms with Gasteiger partial charge in [0.05, 0.1) is 18.2 Å². The third kappa shape index (κ3) is 3.60. The maximum atomic E-state index is 10.9. The van der Waals surface area contributed by atoms with Crippen LogP contribution in [0.4, 0.5) is 0 Å². The Morgan fingerprint density at radius 3 is 2.90 bits per heavy atom. The molecule has 1 N–H and O–H groups in total. The average Bonchev–Trinajstić information content (AvgIpc) is 3.02. The van der Waals surface area contributed by atoms with Crippen molar-refractivity contribution in [1.82, 2.24) is 14.7 Å². The molecule has 1 aliphatic heterocycles. The number of aromatic nitrogens is 2. The fraction of sp³-hybridized carbons (Fsp3) is 0.733. The summed E-state index contributed by atoms with van der Waals surface area (Å²) < 4.78 is 2.05. The summed E-state index contributed by atoms with van der Waals surface area (Å²) >= 11 is 0. The summed E-state index contributed by atoms with van der Waals surface area (Å²) in [6.45, 7) is 6.11. The molecule has 2 rings (SSSR count). The van der Waals surface area contributed by atoms with E-state index < -0.39 is 5.97 Å². The van der Waals surface area contributed by atoms with Crippen molar-refractivity contribution in [1.29, 1.82) is 0 Å². The SMILES string of the molecule is CCC(CC)n1ccc(CN2CCCC2CC(=O)O)n1. The van der Waals surface area contributed by atoms with Gasteiger partial charge in [-0.2, -0.15) is 5.10 Å². The molecule has 0 aromatic carbocycles. The zero-order chi connectivity index (χ0) is 14.5. The van der Waals surface area contributed by atoms with Crippen molar-refractivity contribution < 1.29 is 9.90 Å². The van der Waals surface area contributed by atoms with Crippen molar-refractivity contribution in [2.45, 2.75) is 64.6 Å². The van der Waals surface area contributed by atoms with E-state index in [1.165, 1.54) is 0 Å². The highest BCUT2D eigenvalue weighted by Crippen LogP contribution is 2.22. The normalized spacial score (nSPS) is 19.9. The van der Waals surface area contributed by atoms with Gasteiger partial charge in [-0.15, -0.1) is 0 Å². The molecular weight excluding hydrogens is 254 g/mol. The molecule has 0 bridgehead atoms. The standard InChI is InChI=1S/C15H25N3O2/c1-3-13(4-2)18-9-7-12(16-18)11-17-8-5-6-14(17)10-15(19)20/h7,9,13-14H,3-6,8,10-11H2,1-2H3,(H,19,20). The Hall–Kier alpha value is -1.36. The second-order valence-electron chi connectivity index (χ2n) is 5.62. The second kappa shape index (κ2) is 6.88. The van der Waals surface area contributed by atoms with Crippen molar-refractivity contribution >= 4 is 5.97 Å². The number of nitrogens with zero attached hydrogens (tertiary/aromatic N) is 3. The number of carboxylic acid groups (broad SMARTS) is 1. The maximum absolute atomic E-state index is 10.9. The Balaban J connectivity index is 1.97. The zero-order valence-corrected chi connectivity index (χ0v) is 12.5. The van der Waals surface area contributed by atoms with Gasteiger partial charge in [-0.3, -0.25) is 14.4 Å². The molecule has 112 valence electrons. The van der Waals surface area contributed by atoms with Crippen LogP contribution in [0.5, 0.6) is 0 Å². The van der Waals surface area contributed by atoms with Crippen molar-refractivity contribution in [2.75, 3.05) is 6.54 Å². The summed E-state index contributed by atoms with van der Waals surface area (Å²) in [6, 6.07) is 2.71. The van der Waals surface area contributed by atoms with Crippen LogP contribution >= 0.6 is 0 Å². The predicted molar refractivity (Wildman–Crippen MR) is 77.5 cm³/mol. The second-order valence-corrected chi connectivity index (χ2v) is 5.62. The van der Waals surface area contributed by atoms with Gasteiger partial charge >= 0.3 is 5.97 Å². The molecule has 0 amide bonds. The summed E-state index contributed by atoms with van der Waals surface area (Å²) in [5.41, 5.74) is 1.05. The molecule has 1 aliphatic rings. The lowest BCUT2D eigenvalue weighted by Crippen LogP contribution is -2.31. The Labute approximate surface area is 120 Å². The van der Waals surface area contributed by atoms with E-state index in [-0.39, 0.29) is 12.5 Å². The van der Waals surface area contributed by atoms with E-state index in [2.05, 4.69) is 40.8 Å². The summed E-state index contributed by atoms with van der Waals surface area (Å²) in [4.78, 5) is 13.1. The summed E-state index contributed by atoms with van der Waals surface area (Å²) in [6.07, 6.45) is 6.54. The van der Waals surface area contributed by atoms with Crippen LogP contribution in [-0.2, 0) is 11.3 Å². The van der Waals surface area contributed by atoms with E-state index in [9.17, 15) is 4.79 Å². The van der Waals surface area contributed by atoms with Gasteiger partial charge in [0.25, 0.3) is 0 Å². The Morgan fingerprint density at radius 1 is 1.50 bits per heavy atom.